The summed E-state index contributed by atoms with van der Waals surface area (Å²) in [6, 6.07) is 22.9. The van der Waals surface area contributed by atoms with Gasteiger partial charge in [0.25, 0.3) is 5.91 Å². The molecule has 0 aliphatic rings. The third kappa shape index (κ3) is 6.28. The average molecular weight is 580 g/mol. The Morgan fingerprint density at radius 1 is 0.951 bits per heavy atom. The van der Waals surface area contributed by atoms with Crippen LogP contribution >= 0.6 is 11.6 Å². The number of halogens is 5. The Kier molecular flexibility index (Phi) is 8.13. The van der Waals surface area contributed by atoms with Crippen molar-refractivity contribution in [3.05, 3.63) is 124 Å². The molecule has 0 saturated heterocycles. The summed E-state index contributed by atoms with van der Waals surface area (Å²) in [6.07, 6.45) is -3.29. The molecule has 0 bridgehead atoms. The summed E-state index contributed by atoms with van der Waals surface area (Å²) in [5.41, 5.74) is 2.60. The predicted octanol–water partition coefficient (Wildman–Crippen LogP) is 8.29. The van der Waals surface area contributed by atoms with Crippen molar-refractivity contribution in [2.24, 2.45) is 0 Å². The first kappa shape index (κ1) is 28.4. The Hall–Kier alpha value is -4.17. The first-order valence-electron chi connectivity index (χ1n) is 13.1. The molecule has 0 aliphatic heterocycles. The van der Waals surface area contributed by atoms with Crippen LogP contribution in [0.5, 0.6) is 0 Å². The maximum absolute atomic E-state index is 14.7. The van der Waals surface area contributed by atoms with Crippen LogP contribution in [0.4, 0.5) is 17.6 Å². The molecule has 9 heteroatoms. The van der Waals surface area contributed by atoms with Gasteiger partial charge in [0, 0.05) is 33.6 Å². The summed E-state index contributed by atoms with van der Waals surface area (Å²) < 4.78 is 57.9. The number of amides is 1. The molecule has 0 unspecified atom stereocenters. The number of hydrogen-bond acceptors (Lipinski definition) is 2. The van der Waals surface area contributed by atoms with Gasteiger partial charge in [-0.25, -0.2) is 4.39 Å². The lowest BCUT2D eigenvalue weighted by Gasteiger charge is -2.11. The minimum absolute atomic E-state index is 0.0938. The molecule has 0 fully saturated rings. The first-order valence-corrected chi connectivity index (χ1v) is 13.5. The molecule has 41 heavy (non-hydrogen) atoms. The van der Waals surface area contributed by atoms with Crippen LogP contribution in [0.1, 0.15) is 46.0 Å². The number of benzene rings is 4. The van der Waals surface area contributed by atoms with Gasteiger partial charge in [-0.3, -0.25) is 9.48 Å². The van der Waals surface area contributed by atoms with Gasteiger partial charge in [-0.05, 0) is 60.4 Å². The normalized spacial score (nSPS) is 11.7. The van der Waals surface area contributed by atoms with E-state index in [0.29, 0.717) is 35.2 Å². The fourth-order valence-electron chi connectivity index (χ4n) is 4.84. The minimum Gasteiger partial charge on any atom is -0.352 e. The molecule has 0 saturated carbocycles. The lowest BCUT2D eigenvalue weighted by atomic mass is 9.98. The number of fused-ring (bicyclic) bond motifs is 1. The molecular weight excluding hydrogens is 554 g/mol. The smallest absolute Gasteiger partial charge is 0.352 e. The van der Waals surface area contributed by atoms with Crippen molar-refractivity contribution >= 4 is 28.4 Å². The van der Waals surface area contributed by atoms with E-state index < -0.39 is 17.6 Å². The van der Waals surface area contributed by atoms with Crippen LogP contribution in [0, 0.1) is 5.82 Å². The van der Waals surface area contributed by atoms with Crippen LogP contribution in [0.2, 0.25) is 5.02 Å². The molecule has 0 spiro atoms. The summed E-state index contributed by atoms with van der Waals surface area (Å²) >= 11 is 5.91. The third-order valence-electron chi connectivity index (χ3n) is 6.74. The SMILES string of the molecule is CCCNC(=O)c1cccc(Cc2cccc(-c3c4cccc(C(F)(F)F)c4nn3Cc3ccc(Cl)cc3F)c2)c1. The van der Waals surface area contributed by atoms with Crippen molar-refractivity contribution in [3.8, 4) is 11.3 Å². The molecule has 5 rings (SSSR count). The van der Waals surface area contributed by atoms with Crippen LogP contribution in [0.3, 0.4) is 0 Å². The second-order valence-corrected chi connectivity index (χ2v) is 10.2. The summed E-state index contributed by atoms with van der Waals surface area (Å²) in [7, 11) is 0. The maximum Gasteiger partial charge on any atom is 0.418 e. The van der Waals surface area contributed by atoms with E-state index in [2.05, 4.69) is 10.4 Å². The number of nitrogens with one attached hydrogen (secondary N) is 1. The van der Waals surface area contributed by atoms with Crippen molar-refractivity contribution in [1.29, 1.82) is 0 Å². The third-order valence-corrected chi connectivity index (χ3v) is 6.98. The van der Waals surface area contributed by atoms with Gasteiger partial charge < -0.3 is 5.32 Å². The van der Waals surface area contributed by atoms with Crippen molar-refractivity contribution in [3.63, 3.8) is 0 Å². The van der Waals surface area contributed by atoms with Gasteiger partial charge >= 0.3 is 6.18 Å². The second kappa shape index (κ2) is 11.7. The molecule has 5 aromatic rings. The van der Waals surface area contributed by atoms with E-state index >= 15 is 0 Å². The number of carbonyl (C=O) groups excluding carboxylic acids is 1. The molecule has 0 aliphatic carbocycles. The van der Waals surface area contributed by atoms with E-state index in [1.165, 1.54) is 22.9 Å². The molecular formula is C32H26ClF4N3O. The monoisotopic (exact) mass is 579 g/mol. The molecule has 4 nitrogen and oxygen atoms in total. The number of carbonyl (C=O) groups is 1. The zero-order valence-corrected chi connectivity index (χ0v) is 22.9. The van der Waals surface area contributed by atoms with Gasteiger partial charge in [0.15, 0.2) is 0 Å². The average Bonchev–Trinajstić information content (AvgIpc) is 3.31. The quantitative estimate of drug-likeness (QED) is 0.188. The van der Waals surface area contributed by atoms with E-state index in [9.17, 15) is 22.4 Å². The van der Waals surface area contributed by atoms with Crippen LogP contribution < -0.4 is 5.32 Å². The Morgan fingerprint density at radius 3 is 2.41 bits per heavy atom. The van der Waals surface area contributed by atoms with Crippen molar-refractivity contribution < 1.29 is 22.4 Å². The van der Waals surface area contributed by atoms with Gasteiger partial charge in [-0.1, -0.05) is 67.1 Å². The topological polar surface area (TPSA) is 46.9 Å². The second-order valence-electron chi connectivity index (χ2n) is 9.77. The predicted molar refractivity (Wildman–Crippen MR) is 153 cm³/mol. The first-order chi connectivity index (χ1) is 19.6. The molecule has 4 aromatic carbocycles. The van der Waals surface area contributed by atoms with E-state index in [0.717, 1.165) is 29.7 Å². The van der Waals surface area contributed by atoms with Gasteiger partial charge in [0.1, 0.15) is 11.3 Å². The highest BCUT2D eigenvalue weighted by Gasteiger charge is 2.34. The van der Waals surface area contributed by atoms with Crippen LogP contribution in [-0.4, -0.2) is 22.2 Å². The summed E-state index contributed by atoms with van der Waals surface area (Å²) in [5.74, 6) is -0.719. The number of rotatable bonds is 8. The van der Waals surface area contributed by atoms with E-state index in [4.69, 9.17) is 11.6 Å². The molecule has 210 valence electrons. The minimum atomic E-state index is -4.61. The maximum atomic E-state index is 14.7. The van der Waals surface area contributed by atoms with Gasteiger partial charge in [0.2, 0.25) is 0 Å². The number of aromatic nitrogens is 2. The lowest BCUT2D eigenvalue weighted by molar-refractivity contribution is -0.136. The van der Waals surface area contributed by atoms with Crippen molar-refractivity contribution in [1.82, 2.24) is 15.1 Å². The van der Waals surface area contributed by atoms with E-state index in [1.807, 2.05) is 43.3 Å². The van der Waals surface area contributed by atoms with Crippen molar-refractivity contribution in [2.45, 2.75) is 32.5 Å². The molecule has 1 N–H and O–H groups in total. The fourth-order valence-corrected chi connectivity index (χ4v) is 5.00. The Morgan fingerprint density at radius 2 is 1.68 bits per heavy atom. The summed E-state index contributed by atoms with van der Waals surface area (Å²) in [5, 5.41) is 7.73. The summed E-state index contributed by atoms with van der Waals surface area (Å²) in [6.45, 7) is 2.47. The van der Waals surface area contributed by atoms with Crippen molar-refractivity contribution in [2.75, 3.05) is 6.54 Å². The van der Waals surface area contributed by atoms with Crippen LogP contribution in [0.25, 0.3) is 22.2 Å². The molecule has 1 aromatic heterocycles. The van der Waals surface area contributed by atoms with Crippen LogP contribution in [-0.2, 0) is 19.1 Å². The Balaban J connectivity index is 1.57. The van der Waals surface area contributed by atoms with Gasteiger partial charge in [-0.2, -0.15) is 18.3 Å². The van der Waals surface area contributed by atoms with E-state index in [-0.39, 0.29) is 28.6 Å². The molecule has 0 radical (unpaired) electrons. The van der Waals surface area contributed by atoms with Gasteiger partial charge in [-0.15, -0.1) is 0 Å². The molecule has 1 heterocycles. The lowest BCUT2D eigenvalue weighted by Crippen LogP contribution is -2.23. The zero-order chi connectivity index (χ0) is 29.1. The Labute approximate surface area is 239 Å². The standard InChI is InChI=1S/C32H26ClF4N3O/c1-2-14-38-31(41)23-9-4-7-21(17-23)15-20-6-3-8-22(16-20)30-26-10-5-11-27(32(35,36)37)29(26)39-40(30)19-24-12-13-25(33)18-28(24)34/h3-13,16-18H,2,14-15,19H2,1H3,(H,38,41). The number of alkyl halides is 3. The highest BCUT2D eigenvalue weighted by molar-refractivity contribution is 6.30. The number of nitrogens with zero attached hydrogens (tertiary/aromatic N) is 2. The Bertz CT molecular complexity index is 1730. The van der Waals surface area contributed by atoms with Gasteiger partial charge in [0.05, 0.1) is 17.8 Å². The fraction of sp³-hybridized carbons (Fsp3) is 0.188. The highest BCUT2D eigenvalue weighted by Crippen LogP contribution is 2.38. The highest BCUT2D eigenvalue weighted by atomic mass is 35.5. The number of hydrogen-bond donors (Lipinski definition) is 1. The van der Waals surface area contributed by atoms with Crippen LogP contribution in [0.15, 0.2) is 84.9 Å². The summed E-state index contributed by atoms with van der Waals surface area (Å²) in [4.78, 5) is 12.4. The molecule has 1 amide bonds. The molecule has 0 atom stereocenters. The zero-order valence-electron chi connectivity index (χ0n) is 22.1. The van der Waals surface area contributed by atoms with E-state index in [1.54, 1.807) is 18.2 Å². The largest absolute Gasteiger partial charge is 0.418 e.